The molecule has 2 N–H and O–H groups in total. The lowest BCUT2D eigenvalue weighted by molar-refractivity contribution is 1.01. The van der Waals surface area contributed by atoms with Crippen LogP contribution < -0.4 is 5.73 Å². The van der Waals surface area contributed by atoms with Crippen LogP contribution in [-0.4, -0.2) is 6.54 Å². The Morgan fingerprint density at radius 1 is 1.31 bits per heavy atom. The monoisotopic (exact) mass is 171 g/mol. The smallest absolute Gasteiger partial charge is 0.0243 e. The van der Waals surface area contributed by atoms with E-state index in [0.29, 0.717) is 6.54 Å². The van der Waals surface area contributed by atoms with Gasteiger partial charge in [0.1, 0.15) is 0 Å². The van der Waals surface area contributed by atoms with E-state index in [1.807, 2.05) is 30.3 Å². The highest BCUT2D eigenvalue weighted by atomic mass is 14.5. The maximum absolute atomic E-state index is 5.36. The molecule has 0 aliphatic heterocycles. The molecule has 0 bridgehead atoms. The van der Waals surface area contributed by atoms with Crippen LogP contribution >= 0.6 is 0 Å². The molecule has 1 heteroatoms. The Kier molecular flexibility index (Phi) is 3.81. The van der Waals surface area contributed by atoms with Crippen LogP contribution in [0.5, 0.6) is 0 Å². The second-order valence-corrected chi connectivity index (χ2v) is 2.75. The number of terminal acetylenes is 1. The quantitative estimate of drug-likeness (QED) is 0.692. The molecule has 1 aromatic rings. The standard InChI is InChI=1S/C12H13N/c1-2-11-6-8-12(9-7-11)5-3-4-10-13/h1,3,5-9H,4,10,13H2. The van der Waals surface area contributed by atoms with E-state index in [9.17, 15) is 0 Å². The third-order valence-corrected chi connectivity index (χ3v) is 1.72. The van der Waals surface area contributed by atoms with Crippen molar-refractivity contribution in [2.75, 3.05) is 6.54 Å². The van der Waals surface area contributed by atoms with Gasteiger partial charge in [-0.3, -0.25) is 0 Å². The summed E-state index contributed by atoms with van der Waals surface area (Å²) in [6.45, 7) is 0.693. The van der Waals surface area contributed by atoms with Crippen molar-refractivity contribution >= 4 is 6.08 Å². The molecule has 0 radical (unpaired) electrons. The van der Waals surface area contributed by atoms with Crippen LogP contribution in [0.15, 0.2) is 30.3 Å². The van der Waals surface area contributed by atoms with Gasteiger partial charge in [0.05, 0.1) is 0 Å². The topological polar surface area (TPSA) is 26.0 Å². The highest BCUT2D eigenvalue weighted by Crippen LogP contribution is 2.05. The van der Waals surface area contributed by atoms with E-state index in [0.717, 1.165) is 17.5 Å². The van der Waals surface area contributed by atoms with Crippen molar-refractivity contribution in [1.29, 1.82) is 0 Å². The van der Waals surface area contributed by atoms with E-state index in [1.165, 1.54) is 0 Å². The molecule has 0 aliphatic rings. The van der Waals surface area contributed by atoms with E-state index in [2.05, 4.69) is 12.0 Å². The molecule has 0 amide bonds. The molecule has 66 valence electrons. The molecule has 0 aliphatic carbocycles. The van der Waals surface area contributed by atoms with Crippen molar-refractivity contribution in [1.82, 2.24) is 0 Å². The lowest BCUT2D eigenvalue weighted by Gasteiger charge is -1.93. The van der Waals surface area contributed by atoms with Gasteiger partial charge in [0.15, 0.2) is 0 Å². The van der Waals surface area contributed by atoms with Crippen molar-refractivity contribution in [2.45, 2.75) is 6.42 Å². The number of hydrogen-bond donors (Lipinski definition) is 1. The fraction of sp³-hybridized carbons (Fsp3) is 0.167. The zero-order chi connectivity index (χ0) is 9.52. The normalized spacial score (nSPS) is 10.2. The van der Waals surface area contributed by atoms with E-state index in [-0.39, 0.29) is 0 Å². The Bertz CT molecular complexity index is 314. The van der Waals surface area contributed by atoms with Crippen molar-refractivity contribution in [3.05, 3.63) is 41.5 Å². The van der Waals surface area contributed by atoms with Gasteiger partial charge in [-0.2, -0.15) is 0 Å². The molecule has 1 aromatic carbocycles. The second-order valence-electron chi connectivity index (χ2n) is 2.75. The summed E-state index contributed by atoms with van der Waals surface area (Å²) in [7, 11) is 0. The van der Waals surface area contributed by atoms with Gasteiger partial charge in [-0.15, -0.1) is 6.42 Å². The first-order chi connectivity index (χ1) is 6.36. The first-order valence-electron chi connectivity index (χ1n) is 4.30. The van der Waals surface area contributed by atoms with Crippen molar-refractivity contribution in [2.24, 2.45) is 5.73 Å². The van der Waals surface area contributed by atoms with Crippen molar-refractivity contribution < 1.29 is 0 Å². The largest absolute Gasteiger partial charge is 0.330 e. The summed E-state index contributed by atoms with van der Waals surface area (Å²) in [5.41, 5.74) is 7.43. The van der Waals surface area contributed by atoms with Crippen LogP contribution in [0.4, 0.5) is 0 Å². The molecule has 13 heavy (non-hydrogen) atoms. The Balaban J connectivity index is 2.65. The molecule has 0 fully saturated rings. The fourth-order valence-electron chi connectivity index (χ4n) is 1.01. The lowest BCUT2D eigenvalue weighted by Crippen LogP contribution is -1.94. The summed E-state index contributed by atoms with van der Waals surface area (Å²) < 4.78 is 0. The Morgan fingerprint density at radius 3 is 2.54 bits per heavy atom. The second kappa shape index (κ2) is 5.18. The summed E-state index contributed by atoms with van der Waals surface area (Å²) in [5, 5.41) is 0. The van der Waals surface area contributed by atoms with Gasteiger partial charge in [0.2, 0.25) is 0 Å². The van der Waals surface area contributed by atoms with Crippen LogP contribution in [-0.2, 0) is 0 Å². The summed E-state index contributed by atoms with van der Waals surface area (Å²) in [6, 6.07) is 7.87. The third-order valence-electron chi connectivity index (χ3n) is 1.72. The van der Waals surface area contributed by atoms with Gasteiger partial charge in [-0.25, -0.2) is 0 Å². The highest BCUT2D eigenvalue weighted by Gasteiger charge is 1.86. The minimum Gasteiger partial charge on any atom is -0.330 e. The van der Waals surface area contributed by atoms with Crippen LogP contribution in [0.2, 0.25) is 0 Å². The Labute approximate surface area is 79.3 Å². The molecule has 1 nitrogen and oxygen atoms in total. The minimum atomic E-state index is 0.693. The molecule has 0 heterocycles. The Hall–Kier alpha value is -1.52. The summed E-state index contributed by atoms with van der Waals surface area (Å²) >= 11 is 0. The van der Waals surface area contributed by atoms with E-state index >= 15 is 0 Å². The van der Waals surface area contributed by atoms with E-state index in [1.54, 1.807) is 0 Å². The molecular formula is C12H13N. The van der Waals surface area contributed by atoms with Crippen LogP contribution in [0, 0.1) is 12.3 Å². The first-order valence-corrected chi connectivity index (χ1v) is 4.30. The number of nitrogens with two attached hydrogens (primary N) is 1. The van der Waals surface area contributed by atoms with Crippen molar-refractivity contribution in [3.8, 4) is 12.3 Å². The molecule has 0 saturated heterocycles. The molecular weight excluding hydrogens is 158 g/mol. The van der Waals surface area contributed by atoms with Crippen LogP contribution in [0.3, 0.4) is 0 Å². The average molecular weight is 171 g/mol. The van der Waals surface area contributed by atoms with Gasteiger partial charge < -0.3 is 5.73 Å². The molecule has 0 spiro atoms. The Morgan fingerprint density at radius 2 is 2.00 bits per heavy atom. The third kappa shape index (κ3) is 3.14. The molecule has 1 rings (SSSR count). The minimum absolute atomic E-state index is 0.693. The summed E-state index contributed by atoms with van der Waals surface area (Å²) in [4.78, 5) is 0. The molecule has 0 unspecified atom stereocenters. The number of benzene rings is 1. The van der Waals surface area contributed by atoms with Gasteiger partial charge >= 0.3 is 0 Å². The van der Waals surface area contributed by atoms with E-state index in [4.69, 9.17) is 12.2 Å². The zero-order valence-corrected chi connectivity index (χ0v) is 7.53. The van der Waals surface area contributed by atoms with Gasteiger partial charge in [0, 0.05) is 5.56 Å². The van der Waals surface area contributed by atoms with Gasteiger partial charge in [0.25, 0.3) is 0 Å². The number of rotatable bonds is 3. The molecule has 0 atom stereocenters. The average Bonchev–Trinajstić information content (AvgIpc) is 2.19. The SMILES string of the molecule is C#Cc1ccc(C=CCCN)cc1. The molecule has 0 aromatic heterocycles. The predicted molar refractivity (Wildman–Crippen MR) is 57.1 cm³/mol. The highest BCUT2D eigenvalue weighted by molar-refractivity contribution is 5.51. The zero-order valence-electron chi connectivity index (χ0n) is 7.53. The maximum Gasteiger partial charge on any atom is 0.0243 e. The predicted octanol–water partition coefficient (Wildman–Crippen LogP) is 2.03. The van der Waals surface area contributed by atoms with E-state index < -0.39 is 0 Å². The maximum atomic E-state index is 5.36. The number of hydrogen-bond acceptors (Lipinski definition) is 1. The summed E-state index contributed by atoms with van der Waals surface area (Å²) in [5.74, 6) is 2.58. The first kappa shape index (κ1) is 9.57. The fourth-order valence-corrected chi connectivity index (χ4v) is 1.01. The van der Waals surface area contributed by atoms with Gasteiger partial charge in [-0.1, -0.05) is 30.2 Å². The summed E-state index contributed by atoms with van der Waals surface area (Å²) in [6.07, 6.45) is 10.3. The lowest BCUT2D eigenvalue weighted by atomic mass is 10.1. The van der Waals surface area contributed by atoms with Gasteiger partial charge in [-0.05, 0) is 30.7 Å². The van der Waals surface area contributed by atoms with Crippen LogP contribution in [0.25, 0.3) is 6.08 Å². The van der Waals surface area contributed by atoms with Crippen molar-refractivity contribution in [3.63, 3.8) is 0 Å². The molecule has 0 saturated carbocycles. The van der Waals surface area contributed by atoms with Crippen LogP contribution in [0.1, 0.15) is 17.5 Å².